The molecule has 0 radical (unpaired) electrons. The number of alkyl halides is 1. The Hall–Kier alpha value is -3.12. The van der Waals surface area contributed by atoms with Gasteiger partial charge >= 0.3 is 0 Å². The summed E-state index contributed by atoms with van der Waals surface area (Å²) in [6.45, 7) is 3.37. The van der Waals surface area contributed by atoms with E-state index in [4.69, 9.17) is 11.6 Å². The van der Waals surface area contributed by atoms with Crippen molar-refractivity contribution in [2.24, 2.45) is 5.92 Å². The first kappa shape index (κ1) is 26.5. The Morgan fingerprint density at radius 1 is 1.08 bits per heavy atom. The molecule has 200 valence electrons. The zero-order chi connectivity index (χ0) is 26.7. The largest absolute Gasteiger partial charge is 0.349 e. The van der Waals surface area contributed by atoms with Crippen LogP contribution in [-0.4, -0.2) is 58.6 Å². The number of rotatable bonds is 6. The highest BCUT2D eigenvalue weighted by molar-refractivity contribution is 6.22. The molecule has 3 amide bonds. The number of hydrogen-bond acceptors (Lipinski definition) is 3. The predicted octanol–water partition coefficient (Wildman–Crippen LogP) is 4.63. The number of halogens is 1. The number of nitrogens with one attached hydrogen (secondary N) is 1. The molecule has 0 spiro atoms. The molecular formula is C31H36ClN3O3. The molecule has 0 saturated carbocycles. The molecule has 4 aliphatic rings. The number of nitrogens with zero attached hydrogens (tertiary/aromatic N) is 2. The van der Waals surface area contributed by atoms with Crippen molar-refractivity contribution in [2.45, 2.75) is 62.3 Å². The van der Waals surface area contributed by atoms with Crippen LogP contribution >= 0.6 is 11.6 Å². The zero-order valence-corrected chi connectivity index (χ0v) is 22.7. The molecule has 0 bridgehead atoms. The Kier molecular flexibility index (Phi) is 7.89. The van der Waals surface area contributed by atoms with E-state index in [1.165, 1.54) is 0 Å². The molecule has 2 fully saturated rings. The fraction of sp³-hybridized carbons (Fsp3) is 0.452. The van der Waals surface area contributed by atoms with Crippen LogP contribution < -0.4 is 5.32 Å². The summed E-state index contributed by atoms with van der Waals surface area (Å²) in [5.74, 6) is -0.413. The highest BCUT2D eigenvalue weighted by Crippen LogP contribution is 2.37. The minimum atomic E-state index is -0.699. The Morgan fingerprint density at radius 3 is 2.53 bits per heavy atom. The Balaban J connectivity index is 1.27. The van der Waals surface area contributed by atoms with E-state index >= 15 is 0 Å². The highest BCUT2D eigenvalue weighted by atomic mass is 35.5. The zero-order valence-electron chi connectivity index (χ0n) is 21.9. The van der Waals surface area contributed by atoms with Crippen LogP contribution in [0.4, 0.5) is 0 Å². The van der Waals surface area contributed by atoms with Gasteiger partial charge in [0.2, 0.25) is 17.7 Å². The number of benzene rings is 1. The van der Waals surface area contributed by atoms with Crippen LogP contribution in [0.2, 0.25) is 0 Å². The highest BCUT2D eigenvalue weighted by Gasteiger charge is 2.46. The predicted molar refractivity (Wildman–Crippen MR) is 149 cm³/mol. The van der Waals surface area contributed by atoms with Gasteiger partial charge < -0.3 is 15.1 Å². The van der Waals surface area contributed by atoms with Gasteiger partial charge in [-0.25, -0.2) is 0 Å². The quantitative estimate of drug-likeness (QED) is 0.542. The van der Waals surface area contributed by atoms with Crippen molar-refractivity contribution in [1.29, 1.82) is 0 Å². The summed E-state index contributed by atoms with van der Waals surface area (Å²) in [5.41, 5.74) is 2.21. The summed E-state index contributed by atoms with van der Waals surface area (Å²) < 4.78 is 0. The van der Waals surface area contributed by atoms with E-state index in [0.717, 1.165) is 36.1 Å². The maximum Gasteiger partial charge on any atom is 0.231 e. The molecule has 2 aliphatic heterocycles. The van der Waals surface area contributed by atoms with Crippen LogP contribution in [0.15, 0.2) is 78.1 Å². The molecule has 3 atom stereocenters. The van der Waals surface area contributed by atoms with E-state index in [0.29, 0.717) is 32.5 Å². The first-order chi connectivity index (χ1) is 18.4. The number of likely N-dealkylation sites (tertiary alicyclic amines) is 2. The van der Waals surface area contributed by atoms with Crippen LogP contribution in [0.5, 0.6) is 0 Å². The second-order valence-electron chi connectivity index (χ2n) is 10.8. The van der Waals surface area contributed by atoms with Gasteiger partial charge in [0.1, 0.15) is 0 Å². The summed E-state index contributed by atoms with van der Waals surface area (Å²) in [6, 6.07) is 9.85. The number of piperidine rings is 1. The molecule has 5 rings (SSSR count). The lowest BCUT2D eigenvalue weighted by Crippen LogP contribution is -2.55. The van der Waals surface area contributed by atoms with Crippen molar-refractivity contribution in [3.8, 4) is 0 Å². The number of hydrogen-bond donors (Lipinski definition) is 1. The van der Waals surface area contributed by atoms with Crippen LogP contribution in [0.3, 0.4) is 0 Å². The van der Waals surface area contributed by atoms with Gasteiger partial charge in [-0.3, -0.25) is 14.4 Å². The van der Waals surface area contributed by atoms with E-state index in [1.54, 1.807) is 4.90 Å². The van der Waals surface area contributed by atoms with Gasteiger partial charge in [0.15, 0.2) is 0 Å². The van der Waals surface area contributed by atoms with E-state index in [-0.39, 0.29) is 41.5 Å². The fourth-order valence-electron chi connectivity index (χ4n) is 6.07. The fourth-order valence-corrected chi connectivity index (χ4v) is 6.31. The topological polar surface area (TPSA) is 69.7 Å². The molecule has 6 nitrogen and oxygen atoms in total. The maximum absolute atomic E-state index is 13.9. The van der Waals surface area contributed by atoms with E-state index < -0.39 is 5.41 Å². The lowest BCUT2D eigenvalue weighted by atomic mass is 9.71. The molecule has 0 aromatic heterocycles. The number of carbonyl (C=O) groups excluding carboxylic acids is 3. The maximum atomic E-state index is 13.9. The van der Waals surface area contributed by atoms with Crippen LogP contribution in [-0.2, 0) is 19.8 Å². The van der Waals surface area contributed by atoms with Gasteiger partial charge in [0.05, 0.1) is 22.8 Å². The first-order valence-electron chi connectivity index (χ1n) is 13.7. The lowest BCUT2D eigenvalue weighted by Gasteiger charge is -2.42. The number of amides is 3. The lowest BCUT2D eigenvalue weighted by molar-refractivity contribution is -0.140. The molecule has 38 heavy (non-hydrogen) atoms. The summed E-state index contributed by atoms with van der Waals surface area (Å²) in [6.07, 6.45) is 16.3. The third-order valence-electron chi connectivity index (χ3n) is 8.35. The molecule has 2 heterocycles. The molecule has 1 N–H and O–H groups in total. The van der Waals surface area contributed by atoms with Gasteiger partial charge in [-0.2, -0.15) is 0 Å². The molecular weight excluding hydrogens is 498 g/mol. The van der Waals surface area contributed by atoms with E-state index in [9.17, 15) is 14.4 Å². The van der Waals surface area contributed by atoms with Crippen molar-refractivity contribution < 1.29 is 14.4 Å². The van der Waals surface area contributed by atoms with Gasteiger partial charge in [0.25, 0.3) is 0 Å². The number of carbonyl (C=O) groups is 3. The average Bonchev–Trinajstić information content (AvgIpc) is 3.35. The third kappa shape index (κ3) is 5.37. The molecule has 7 heteroatoms. The summed E-state index contributed by atoms with van der Waals surface area (Å²) in [4.78, 5) is 43.7. The van der Waals surface area contributed by atoms with Crippen molar-refractivity contribution in [1.82, 2.24) is 15.1 Å². The van der Waals surface area contributed by atoms with Crippen molar-refractivity contribution in [3.05, 3.63) is 83.6 Å². The Morgan fingerprint density at radius 2 is 1.84 bits per heavy atom. The molecule has 1 aromatic carbocycles. The monoisotopic (exact) mass is 533 g/mol. The average molecular weight is 534 g/mol. The molecule has 2 unspecified atom stereocenters. The standard InChI is InChI=1S/C31H36ClN3O3/c1-22(23-9-4-2-5-10-23)33-30(38)31(25-11-6-3-7-12-25)15-17-34(18-16-31)29(37)24-19-28(36)35(21-24)27-14-8-13-26(32)20-27/h3-4,6-12,14,20,22,24,26H,2,5,13,15-19,21H2,1H3,(H,33,38)/t22-,24?,26?/m0/s1. The molecule has 2 saturated heterocycles. The van der Waals surface area contributed by atoms with Crippen molar-refractivity contribution in [2.75, 3.05) is 19.6 Å². The van der Waals surface area contributed by atoms with Crippen LogP contribution in [0.1, 0.15) is 51.0 Å². The van der Waals surface area contributed by atoms with Gasteiger partial charge in [-0.15, -0.1) is 11.6 Å². The Bertz CT molecular complexity index is 1190. The normalized spacial score (nSPS) is 25.6. The summed E-state index contributed by atoms with van der Waals surface area (Å²) in [5, 5.41) is 3.14. The summed E-state index contributed by atoms with van der Waals surface area (Å²) in [7, 11) is 0. The number of allylic oxidation sites excluding steroid dienone is 5. The van der Waals surface area contributed by atoms with Gasteiger partial charge in [-0.1, -0.05) is 54.6 Å². The Labute approximate surface area is 230 Å². The minimum Gasteiger partial charge on any atom is -0.349 e. The second kappa shape index (κ2) is 11.3. The molecule has 2 aliphatic carbocycles. The summed E-state index contributed by atoms with van der Waals surface area (Å²) >= 11 is 6.26. The van der Waals surface area contributed by atoms with E-state index in [2.05, 4.69) is 23.5 Å². The third-order valence-corrected chi connectivity index (χ3v) is 8.65. The van der Waals surface area contributed by atoms with Gasteiger partial charge in [0, 0.05) is 31.8 Å². The van der Waals surface area contributed by atoms with Crippen molar-refractivity contribution in [3.63, 3.8) is 0 Å². The SMILES string of the molecule is C[C@H](NC(=O)C1(c2ccccc2)CCN(C(=O)C2CC(=O)N(C3=CC(Cl)CC=C3)C2)CC1)C1=CCCC=C1. The first-order valence-corrected chi connectivity index (χ1v) is 14.2. The second-order valence-corrected chi connectivity index (χ2v) is 11.4. The smallest absolute Gasteiger partial charge is 0.231 e. The van der Waals surface area contributed by atoms with E-state index in [1.807, 2.05) is 60.4 Å². The van der Waals surface area contributed by atoms with Gasteiger partial charge in [-0.05, 0) is 62.3 Å². The van der Waals surface area contributed by atoms with Crippen LogP contribution in [0, 0.1) is 5.92 Å². The van der Waals surface area contributed by atoms with Crippen LogP contribution in [0.25, 0.3) is 0 Å². The molecule has 1 aromatic rings. The van der Waals surface area contributed by atoms with Crippen molar-refractivity contribution >= 4 is 29.3 Å². The minimum absolute atomic E-state index is 0.00315.